The molecule has 0 saturated carbocycles. The third-order valence-electron chi connectivity index (χ3n) is 2.15. The van der Waals surface area contributed by atoms with Crippen LogP contribution in [0.15, 0.2) is 4.52 Å². The van der Waals surface area contributed by atoms with E-state index < -0.39 is 0 Å². The van der Waals surface area contributed by atoms with Crippen LogP contribution in [0.4, 0.5) is 0 Å². The summed E-state index contributed by atoms with van der Waals surface area (Å²) in [5.74, 6) is 1.53. The van der Waals surface area contributed by atoms with Crippen molar-refractivity contribution in [2.24, 2.45) is 0 Å². The first-order valence-corrected chi connectivity index (χ1v) is 4.78. The molecule has 0 aliphatic heterocycles. The van der Waals surface area contributed by atoms with Crippen LogP contribution in [0, 0.1) is 0 Å². The van der Waals surface area contributed by atoms with Gasteiger partial charge in [-0.05, 0) is 13.5 Å². The predicted molar refractivity (Wildman–Crippen MR) is 50.5 cm³/mol. The molecule has 0 saturated heterocycles. The third kappa shape index (κ3) is 2.81. The molecular formula is C9H17N3O. The van der Waals surface area contributed by atoms with Crippen LogP contribution < -0.4 is 5.32 Å². The number of aromatic nitrogens is 2. The lowest BCUT2D eigenvalue weighted by Crippen LogP contribution is -2.26. The Kier molecular flexibility index (Phi) is 3.89. The maximum absolute atomic E-state index is 5.09. The summed E-state index contributed by atoms with van der Waals surface area (Å²) in [7, 11) is 1.95. The van der Waals surface area contributed by atoms with Crippen molar-refractivity contribution >= 4 is 0 Å². The SMILES string of the molecule is CCc1noc(CC(CC)NC)n1. The van der Waals surface area contributed by atoms with Crippen molar-refractivity contribution in [3.8, 4) is 0 Å². The van der Waals surface area contributed by atoms with E-state index in [1.807, 2.05) is 14.0 Å². The van der Waals surface area contributed by atoms with E-state index in [0.717, 1.165) is 31.0 Å². The number of nitrogens with zero attached hydrogens (tertiary/aromatic N) is 2. The molecule has 0 aromatic carbocycles. The Morgan fingerprint density at radius 2 is 2.23 bits per heavy atom. The van der Waals surface area contributed by atoms with Gasteiger partial charge in [-0.25, -0.2) is 0 Å². The zero-order valence-corrected chi connectivity index (χ0v) is 8.50. The largest absolute Gasteiger partial charge is 0.339 e. The van der Waals surface area contributed by atoms with E-state index in [9.17, 15) is 0 Å². The quantitative estimate of drug-likeness (QED) is 0.744. The Labute approximate surface area is 78.7 Å². The lowest BCUT2D eigenvalue weighted by atomic mass is 10.1. The van der Waals surface area contributed by atoms with Crippen LogP contribution in [-0.2, 0) is 12.8 Å². The van der Waals surface area contributed by atoms with Crippen molar-refractivity contribution in [2.45, 2.75) is 39.2 Å². The number of nitrogens with one attached hydrogen (secondary N) is 1. The zero-order chi connectivity index (χ0) is 9.68. The van der Waals surface area contributed by atoms with Crippen LogP contribution in [0.5, 0.6) is 0 Å². The first-order valence-electron chi connectivity index (χ1n) is 4.78. The van der Waals surface area contributed by atoms with Crippen LogP contribution in [0.1, 0.15) is 32.0 Å². The van der Waals surface area contributed by atoms with Crippen LogP contribution >= 0.6 is 0 Å². The second-order valence-corrected chi connectivity index (χ2v) is 3.06. The average Bonchev–Trinajstić information content (AvgIpc) is 2.61. The first-order chi connectivity index (χ1) is 6.30. The van der Waals surface area contributed by atoms with Gasteiger partial charge in [0.2, 0.25) is 5.89 Å². The average molecular weight is 183 g/mol. The molecule has 1 heterocycles. The van der Waals surface area contributed by atoms with Crippen LogP contribution in [-0.4, -0.2) is 23.2 Å². The van der Waals surface area contributed by atoms with E-state index in [0.29, 0.717) is 6.04 Å². The molecule has 1 rings (SSSR count). The summed E-state index contributed by atoms with van der Waals surface area (Å²) < 4.78 is 5.09. The van der Waals surface area contributed by atoms with Gasteiger partial charge >= 0.3 is 0 Å². The number of likely N-dealkylation sites (N-methyl/N-ethyl adjacent to an activating group) is 1. The van der Waals surface area contributed by atoms with E-state index in [1.165, 1.54) is 0 Å². The monoisotopic (exact) mass is 183 g/mol. The molecule has 1 N–H and O–H groups in total. The maximum Gasteiger partial charge on any atom is 0.228 e. The Hall–Kier alpha value is -0.900. The molecule has 0 aliphatic rings. The van der Waals surface area contributed by atoms with Gasteiger partial charge in [0.25, 0.3) is 0 Å². The molecule has 4 nitrogen and oxygen atoms in total. The normalized spacial score (nSPS) is 13.2. The summed E-state index contributed by atoms with van der Waals surface area (Å²) in [6.45, 7) is 4.16. The van der Waals surface area contributed by atoms with Gasteiger partial charge in [-0.2, -0.15) is 4.98 Å². The molecule has 4 heteroatoms. The highest BCUT2D eigenvalue weighted by Gasteiger charge is 2.10. The van der Waals surface area contributed by atoms with Gasteiger partial charge in [0, 0.05) is 18.9 Å². The predicted octanol–water partition coefficient (Wildman–Crippen LogP) is 1.17. The minimum absolute atomic E-state index is 0.435. The standard InChI is InChI=1S/C9H17N3O/c1-4-7(10-3)6-9-11-8(5-2)12-13-9/h7,10H,4-6H2,1-3H3. The van der Waals surface area contributed by atoms with Gasteiger partial charge in [0.15, 0.2) is 5.82 Å². The van der Waals surface area contributed by atoms with Gasteiger partial charge in [-0.15, -0.1) is 0 Å². The molecular weight excluding hydrogens is 166 g/mol. The van der Waals surface area contributed by atoms with E-state index in [1.54, 1.807) is 0 Å². The van der Waals surface area contributed by atoms with Gasteiger partial charge in [-0.1, -0.05) is 19.0 Å². The maximum atomic E-state index is 5.09. The fourth-order valence-corrected chi connectivity index (χ4v) is 1.18. The van der Waals surface area contributed by atoms with Gasteiger partial charge in [-0.3, -0.25) is 0 Å². The van der Waals surface area contributed by atoms with Crippen LogP contribution in [0.25, 0.3) is 0 Å². The molecule has 0 bridgehead atoms. The molecule has 0 spiro atoms. The minimum atomic E-state index is 0.435. The smallest absolute Gasteiger partial charge is 0.228 e. The Bertz CT molecular complexity index is 243. The number of hydrogen-bond acceptors (Lipinski definition) is 4. The highest BCUT2D eigenvalue weighted by atomic mass is 16.5. The van der Waals surface area contributed by atoms with Crippen molar-refractivity contribution in [3.63, 3.8) is 0 Å². The number of rotatable bonds is 5. The summed E-state index contributed by atoms with van der Waals surface area (Å²) in [5.41, 5.74) is 0. The summed E-state index contributed by atoms with van der Waals surface area (Å²) >= 11 is 0. The lowest BCUT2D eigenvalue weighted by Gasteiger charge is -2.09. The van der Waals surface area contributed by atoms with Gasteiger partial charge < -0.3 is 9.84 Å². The van der Waals surface area contributed by atoms with Gasteiger partial charge in [0.1, 0.15) is 0 Å². The van der Waals surface area contributed by atoms with Gasteiger partial charge in [0.05, 0.1) is 0 Å². The number of aryl methyl sites for hydroxylation is 1. The fourth-order valence-electron chi connectivity index (χ4n) is 1.18. The Morgan fingerprint density at radius 1 is 1.46 bits per heavy atom. The summed E-state index contributed by atoms with van der Waals surface area (Å²) in [5, 5.41) is 7.04. The lowest BCUT2D eigenvalue weighted by molar-refractivity contribution is 0.355. The van der Waals surface area contributed by atoms with E-state index in [-0.39, 0.29) is 0 Å². The summed E-state index contributed by atoms with van der Waals surface area (Å²) in [6, 6.07) is 0.435. The highest BCUT2D eigenvalue weighted by molar-refractivity contribution is 4.88. The fraction of sp³-hybridized carbons (Fsp3) is 0.778. The Morgan fingerprint density at radius 3 is 2.69 bits per heavy atom. The minimum Gasteiger partial charge on any atom is -0.339 e. The summed E-state index contributed by atoms with van der Waals surface area (Å²) in [4.78, 5) is 4.25. The summed E-state index contributed by atoms with van der Waals surface area (Å²) in [6.07, 6.45) is 2.72. The van der Waals surface area contributed by atoms with Crippen molar-refractivity contribution < 1.29 is 4.52 Å². The van der Waals surface area contributed by atoms with Crippen molar-refractivity contribution in [1.82, 2.24) is 15.5 Å². The molecule has 1 aromatic rings. The highest BCUT2D eigenvalue weighted by Crippen LogP contribution is 2.03. The van der Waals surface area contributed by atoms with E-state index >= 15 is 0 Å². The number of hydrogen-bond donors (Lipinski definition) is 1. The molecule has 13 heavy (non-hydrogen) atoms. The van der Waals surface area contributed by atoms with E-state index in [4.69, 9.17) is 4.52 Å². The zero-order valence-electron chi connectivity index (χ0n) is 8.50. The molecule has 0 fully saturated rings. The molecule has 1 aromatic heterocycles. The van der Waals surface area contributed by atoms with Crippen molar-refractivity contribution in [1.29, 1.82) is 0 Å². The molecule has 0 amide bonds. The van der Waals surface area contributed by atoms with Crippen molar-refractivity contribution in [2.75, 3.05) is 7.05 Å². The van der Waals surface area contributed by atoms with Crippen molar-refractivity contribution in [3.05, 3.63) is 11.7 Å². The molecule has 1 unspecified atom stereocenters. The molecule has 0 aliphatic carbocycles. The third-order valence-corrected chi connectivity index (χ3v) is 2.15. The second-order valence-electron chi connectivity index (χ2n) is 3.06. The van der Waals surface area contributed by atoms with Crippen LogP contribution in [0.2, 0.25) is 0 Å². The van der Waals surface area contributed by atoms with E-state index in [2.05, 4.69) is 22.4 Å². The Balaban J connectivity index is 2.52. The second kappa shape index (κ2) is 4.97. The molecule has 74 valence electrons. The molecule has 1 atom stereocenters. The topological polar surface area (TPSA) is 51.0 Å². The van der Waals surface area contributed by atoms with Crippen LogP contribution in [0.3, 0.4) is 0 Å². The molecule has 0 radical (unpaired) electrons. The first kappa shape index (κ1) is 10.2.